The number of hydrogen-bond donors (Lipinski definition) is 2. The van der Waals surface area contributed by atoms with Crippen molar-refractivity contribution in [1.82, 2.24) is 4.72 Å². The second-order valence-corrected chi connectivity index (χ2v) is 9.14. The predicted molar refractivity (Wildman–Crippen MR) is 122 cm³/mol. The molecule has 1 unspecified atom stereocenters. The molecule has 2 N–H and O–H groups in total. The molecule has 6 nitrogen and oxygen atoms in total. The topological polar surface area (TPSA) is 84.5 Å². The molecule has 0 heterocycles. The minimum absolute atomic E-state index is 0.0939. The number of sulfonamides is 1. The molecule has 31 heavy (non-hydrogen) atoms. The maximum absolute atomic E-state index is 13.0. The molecular formula is C23H23ClN2O4S. The fourth-order valence-electron chi connectivity index (χ4n) is 2.98. The van der Waals surface area contributed by atoms with Crippen LogP contribution in [0.3, 0.4) is 0 Å². The fourth-order valence-corrected chi connectivity index (χ4v) is 4.44. The molecule has 8 heteroatoms. The quantitative estimate of drug-likeness (QED) is 0.530. The smallest absolute Gasteiger partial charge is 0.242 e. The Labute approximate surface area is 187 Å². The molecule has 0 aliphatic rings. The molecule has 3 aromatic rings. The number of methoxy groups -OCH3 is 1. The third kappa shape index (κ3) is 6.07. The number of amides is 1. The van der Waals surface area contributed by atoms with Crippen molar-refractivity contribution in [3.8, 4) is 5.75 Å². The summed E-state index contributed by atoms with van der Waals surface area (Å²) in [6.07, 6.45) is 0.182. The summed E-state index contributed by atoms with van der Waals surface area (Å²) in [5, 5.41) is 3.07. The van der Waals surface area contributed by atoms with Crippen LogP contribution in [0.1, 0.15) is 11.1 Å². The van der Waals surface area contributed by atoms with Crippen LogP contribution in [-0.2, 0) is 21.2 Å². The maximum atomic E-state index is 13.0. The first-order chi connectivity index (χ1) is 14.8. The van der Waals surface area contributed by atoms with Crippen LogP contribution in [0.25, 0.3) is 0 Å². The number of nitrogens with one attached hydrogen (secondary N) is 2. The number of benzene rings is 3. The largest absolute Gasteiger partial charge is 0.495 e. The lowest BCUT2D eigenvalue weighted by molar-refractivity contribution is -0.117. The first-order valence-electron chi connectivity index (χ1n) is 9.56. The highest BCUT2D eigenvalue weighted by Gasteiger charge is 2.26. The molecule has 162 valence electrons. The van der Waals surface area contributed by atoms with Gasteiger partial charge < -0.3 is 10.1 Å². The predicted octanol–water partition coefficient (Wildman–Crippen LogP) is 4.19. The van der Waals surface area contributed by atoms with E-state index in [2.05, 4.69) is 10.0 Å². The van der Waals surface area contributed by atoms with E-state index in [1.165, 1.54) is 19.2 Å². The van der Waals surface area contributed by atoms with Gasteiger partial charge in [0.25, 0.3) is 0 Å². The van der Waals surface area contributed by atoms with E-state index in [0.29, 0.717) is 16.5 Å². The molecule has 1 amide bonds. The van der Waals surface area contributed by atoms with Crippen LogP contribution in [0.2, 0.25) is 5.02 Å². The number of carbonyl (C=O) groups is 1. The minimum atomic E-state index is -3.91. The van der Waals surface area contributed by atoms with Crippen molar-refractivity contribution >= 4 is 33.2 Å². The Bertz CT molecular complexity index is 1150. The second kappa shape index (κ2) is 9.96. The van der Waals surface area contributed by atoms with Gasteiger partial charge in [-0.2, -0.15) is 4.72 Å². The summed E-state index contributed by atoms with van der Waals surface area (Å²) in [6.45, 7) is 1.87. The molecule has 0 aliphatic heterocycles. The summed E-state index contributed by atoms with van der Waals surface area (Å²) in [4.78, 5) is 13.1. The van der Waals surface area contributed by atoms with Crippen LogP contribution < -0.4 is 14.8 Å². The third-order valence-corrected chi connectivity index (χ3v) is 6.43. The van der Waals surface area contributed by atoms with Crippen LogP contribution in [0.4, 0.5) is 5.69 Å². The van der Waals surface area contributed by atoms with Gasteiger partial charge in [0, 0.05) is 5.69 Å². The lowest BCUT2D eigenvalue weighted by Crippen LogP contribution is -2.45. The minimum Gasteiger partial charge on any atom is -0.495 e. The van der Waals surface area contributed by atoms with Crippen LogP contribution in [0, 0.1) is 6.92 Å². The molecule has 3 rings (SSSR count). The van der Waals surface area contributed by atoms with E-state index in [0.717, 1.165) is 11.1 Å². The van der Waals surface area contributed by atoms with Crippen molar-refractivity contribution < 1.29 is 17.9 Å². The van der Waals surface area contributed by atoms with Crippen molar-refractivity contribution in [2.24, 2.45) is 0 Å². The molecule has 3 aromatic carbocycles. The van der Waals surface area contributed by atoms with Gasteiger partial charge in [-0.15, -0.1) is 0 Å². The van der Waals surface area contributed by atoms with Crippen molar-refractivity contribution in [2.45, 2.75) is 24.3 Å². The fraction of sp³-hybridized carbons (Fsp3) is 0.174. The molecule has 1 atom stereocenters. The van der Waals surface area contributed by atoms with Crippen molar-refractivity contribution in [3.05, 3.63) is 88.9 Å². The average Bonchev–Trinajstić information content (AvgIpc) is 2.74. The number of anilines is 1. The Kier molecular flexibility index (Phi) is 7.33. The summed E-state index contributed by atoms with van der Waals surface area (Å²) in [7, 11) is -2.41. The van der Waals surface area contributed by atoms with Gasteiger partial charge in [0.1, 0.15) is 11.8 Å². The van der Waals surface area contributed by atoms with E-state index < -0.39 is 22.0 Å². The van der Waals surface area contributed by atoms with Gasteiger partial charge >= 0.3 is 0 Å². The van der Waals surface area contributed by atoms with E-state index in [9.17, 15) is 13.2 Å². The van der Waals surface area contributed by atoms with Crippen LogP contribution >= 0.6 is 11.6 Å². The Hall–Kier alpha value is -2.87. The Morgan fingerprint density at radius 3 is 2.32 bits per heavy atom. The van der Waals surface area contributed by atoms with Crippen molar-refractivity contribution in [3.63, 3.8) is 0 Å². The first-order valence-corrected chi connectivity index (χ1v) is 11.4. The zero-order chi connectivity index (χ0) is 22.4. The third-order valence-electron chi connectivity index (χ3n) is 4.65. The molecule has 0 bridgehead atoms. The summed E-state index contributed by atoms with van der Waals surface area (Å²) in [5.41, 5.74) is 2.19. The summed E-state index contributed by atoms with van der Waals surface area (Å²) in [5.74, 6) is -0.0265. The SMILES string of the molecule is COc1ccc(NC(=O)C(Cc2ccccc2)NS(=O)(=O)c2ccc(C)cc2)cc1Cl. The summed E-state index contributed by atoms with van der Waals surface area (Å²) in [6, 6.07) is 19.4. The van der Waals surface area contributed by atoms with Crippen LogP contribution in [0.5, 0.6) is 5.75 Å². The Balaban J connectivity index is 1.85. The van der Waals surface area contributed by atoms with Gasteiger partial charge in [-0.1, -0.05) is 59.6 Å². The lowest BCUT2D eigenvalue weighted by Gasteiger charge is -2.19. The molecule has 0 aliphatic carbocycles. The zero-order valence-corrected chi connectivity index (χ0v) is 18.7. The molecule has 0 aromatic heterocycles. The average molecular weight is 459 g/mol. The van der Waals surface area contributed by atoms with Gasteiger partial charge in [0.15, 0.2) is 0 Å². The molecule has 0 spiro atoms. The van der Waals surface area contributed by atoms with Gasteiger partial charge in [-0.3, -0.25) is 4.79 Å². The number of halogens is 1. The Morgan fingerprint density at radius 2 is 1.71 bits per heavy atom. The van der Waals surface area contributed by atoms with Gasteiger partial charge in [0.2, 0.25) is 15.9 Å². The highest BCUT2D eigenvalue weighted by atomic mass is 35.5. The Morgan fingerprint density at radius 1 is 1.03 bits per heavy atom. The molecule has 0 saturated carbocycles. The molecule has 0 saturated heterocycles. The van der Waals surface area contributed by atoms with E-state index in [4.69, 9.17) is 16.3 Å². The molecule has 0 fully saturated rings. The number of ether oxygens (including phenoxy) is 1. The standard InChI is InChI=1S/C23H23ClN2O4S/c1-16-8-11-19(12-9-16)31(28,29)26-21(14-17-6-4-3-5-7-17)23(27)25-18-10-13-22(30-2)20(24)15-18/h3-13,15,21,26H,14H2,1-2H3,(H,25,27). The van der Waals surface area contributed by atoms with Gasteiger partial charge in [-0.05, 0) is 49.2 Å². The van der Waals surface area contributed by atoms with Crippen molar-refractivity contribution in [2.75, 3.05) is 12.4 Å². The van der Waals surface area contributed by atoms with Gasteiger partial charge in [-0.25, -0.2) is 8.42 Å². The molecule has 0 radical (unpaired) electrons. The van der Waals surface area contributed by atoms with Gasteiger partial charge in [0.05, 0.1) is 17.0 Å². The zero-order valence-electron chi connectivity index (χ0n) is 17.1. The molecular weight excluding hydrogens is 436 g/mol. The van der Waals surface area contributed by atoms with E-state index in [1.54, 1.807) is 30.3 Å². The monoisotopic (exact) mass is 458 g/mol. The maximum Gasteiger partial charge on any atom is 0.242 e. The number of rotatable bonds is 8. The van der Waals surface area contributed by atoms with Crippen LogP contribution in [-0.4, -0.2) is 27.5 Å². The lowest BCUT2D eigenvalue weighted by atomic mass is 10.1. The van der Waals surface area contributed by atoms with E-state index in [-0.39, 0.29) is 11.3 Å². The second-order valence-electron chi connectivity index (χ2n) is 7.02. The highest BCUT2D eigenvalue weighted by molar-refractivity contribution is 7.89. The number of hydrogen-bond acceptors (Lipinski definition) is 4. The number of aryl methyl sites for hydroxylation is 1. The van der Waals surface area contributed by atoms with E-state index >= 15 is 0 Å². The summed E-state index contributed by atoms with van der Waals surface area (Å²) >= 11 is 6.13. The first kappa shape index (κ1) is 22.8. The van der Waals surface area contributed by atoms with Crippen LogP contribution in [0.15, 0.2) is 77.7 Å². The number of carbonyl (C=O) groups excluding carboxylic acids is 1. The normalized spacial score (nSPS) is 12.2. The summed E-state index contributed by atoms with van der Waals surface area (Å²) < 4.78 is 33.5. The van der Waals surface area contributed by atoms with E-state index in [1.807, 2.05) is 37.3 Å². The highest BCUT2D eigenvalue weighted by Crippen LogP contribution is 2.27. The van der Waals surface area contributed by atoms with Crippen molar-refractivity contribution in [1.29, 1.82) is 0 Å².